The standard InChI is InChI=1S/C23H21IN2O3S/c1-15-3-10-21(11-4-15)30(28,29)26-16(2)13-18-14-17(5-12-22(18)26)23(27)25-20-8-6-19(24)7-9-20/h3-12,14,16H,13H2,1-2H3,(H,25,27)/t16-/m0/s1. The first-order valence-corrected chi connectivity index (χ1v) is 12.1. The van der Waals surface area contributed by atoms with Crippen LogP contribution in [0.5, 0.6) is 0 Å². The first kappa shape index (κ1) is 20.9. The molecule has 1 aliphatic rings. The molecule has 30 heavy (non-hydrogen) atoms. The van der Waals surface area contributed by atoms with Gasteiger partial charge in [-0.3, -0.25) is 9.10 Å². The van der Waals surface area contributed by atoms with Gasteiger partial charge in [0.1, 0.15) is 0 Å². The largest absolute Gasteiger partial charge is 0.322 e. The van der Waals surface area contributed by atoms with Crippen molar-refractivity contribution in [1.29, 1.82) is 0 Å². The number of hydrogen-bond acceptors (Lipinski definition) is 3. The zero-order chi connectivity index (χ0) is 21.5. The van der Waals surface area contributed by atoms with Crippen LogP contribution in [0.4, 0.5) is 11.4 Å². The van der Waals surface area contributed by atoms with Gasteiger partial charge in [0.2, 0.25) is 0 Å². The Balaban J connectivity index is 1.62. The second kappa shape index (κ2) is 8.03. The third-order valence-corrected chi connectivity index (χ3v) is 7.84. The van der Waals surface area contributed by atoms with Crippen LogP contribution in [0.1, 0.15) is 28.4 Å². The van der Waals surface area contributed by atoms with Gasteiger partial charge < -0.3 is 5.32 Å². The van der Waals surface area contributed by atoms with Crippen molar-refractivity contribution in [1.82, 2.24) is 0 Å². The fourth-order valence-electron chi connectivity index (χ4n) is 3.67. The van der Waals surface area contributed by atoms with E-state index in [1.54, 1.807) is 42.5 Å². The molecule has 0 saturated carbocycles. The predicted molar refractivity (Wildman–Crippen MR) is 128 cm³/mol. The summed E-state index contributed by atoms with van der Waals surface area (Å²) in [6, 6.07) is 19.4. The fraction of sp³-hybridized carbons (Fsp3) is 0.174. The molecule has 4 rings (SSSR count). The summed E-state index contributed by atoms with van der Waals surface area (Å²) in [7, 11) is -3.67. The summed E-state index contributed by atoms with van der Waals surface area (Å²) in [5.41, 5.74) is 3.72. The number of carbonyl (C=O) groups is 1. The second-order valence-electron chi connectivity index (χ2n) is 7.47. The molecule has 0 unspecified atom stereocenters. The molecule has 1 amide bonds. The SMILES string of the molecule is Cc1ccc(S(=O)(=O)N2c3ccc(C(=O)Nc4ccc(I)cc4)cc3C[C@@H]2C)cc1. The van der Waals surface area contributed by atoms with Crippen LogP contribution in [0.15, 0.2) is 71.6 Å². The molecule has 0 spiro atoms. The van der Waals surface area contributed by atoms with Crippen molar-refractivity contribution in [3.05, 3.63) is 87.0 Å². The Bertz CT molecular complexity index is 1210. The third-order valence-electron chi connectivity index (χ3n) is 5.17. The quantitative estimate of drug-likeness (QED) is 0.482. The zero-order valence-electron chi connectivity index (χ0n) is 16.6. The molecule has 3 aromatic rings. The molecule has 0 fully saturated rings. The Morgan fingerprint density at radius 2 is 1.70 bits per heavy atom. The summed E-state index contributed by atoms with van der Waals surface area (Å²) in [5.74, 6) is -0.216. The Hall–Kier alpha value is -2.39. The van der Waals surface area contributed by atoms with Gasteiger partial charge in [-0.05, 0) is 103 Å². The minimum absolute atomic E-state index is 0.216. The predicted octanol–water partition coefficient (Wildman–Crippen LogP) is 4.99. The van der Waals surface area contributed by atoms with Crippen LogP contribution < -0.4 is 9.62 Å². The molecular formula is C23H21IN2O3S. The molecule has 1 N–H and O–H groups in total. The van der Waals surface area contributed by atoms with Crippen LogP contribution in [0.3, 0.4) is 0 Å². The summed E-state index contributed by atoms with van der Waals surface area (Å²) >= 11 is 2.21. The van der Waals surface area contributed by atoms with E-state index in [0.717, 1.165) is 20.4 Å². The number of hydrogen-bond donors (Lipinski definition) is 1. The average Bonchev–Trinajstić information content (AvgIpc) is 3.05. The number of benzene rings is 3. The Morgan fingerprint density at radius 1 is 1.03 bits per heavy atom. The van der Waals surface area contributed by atoms with Gasteiger partial charge in [0.15, 0.2) is 0 Å². The number of anilines is 2. The lowest BCUT2D eigenvalue weighted by molar-refractivity contribution is 0.102. The summed E-state index contributed by atoms with van der Waals surface area (Å²) in [6.45, 7) is 3.81. The van der Waals surface area contributed by atoms with E-state index in [9.17, 15) is 13.2 Å². The molecule has 3 aromatic carbocycles. The van der Waals surface area contributed by atoms with E-state index in [4.69, 9.17) is 0 Å². The first-order valence-electron chi connectivity index (χ1n) is 9.56. The van der Waals surface area contributed by atoms with E-state index < -0.39 is 10.0 Å². The molecule has 0 aromatic heterocycles. The minimum atomic E-state index is -3.67. The topological polar surface area (TPSA) is 66.5 Å². The number of carbonyl (C=O) groups excluding carboxylic acids is 1. The lowest BCUT2D eigenvalue weighted by Gasteiger charge is -2.24. The van der Waals surface area contributed by atoms with Crippen molar-refractivity contribution in [3.63, 3.8) is 0 Å². The van der Waals surface area contributed by atoms with Crippen molar-refractivity contribution in [2.24, 2.45) is 0 Å². The second-order valence-corrected chi connectivity index (χ2v) is 10.5. The van der Waals surface area contributed by atoms with Crippen LogP contribution >= 0.6 is 22.6 Å². The fourth-order valence-corrected chi connectivity index (χ4v) is 5.72. The van der Waals surface area contributed by atoms with Gasteiger partial charge in [0.25, 0.3) is 15.9 Å². The van der Waals surface area contributed by atoms with Gasteiger partial charge in [0, 0.05) is 20.9 Å². The van der Waals surface area contributed by atoms with Crippen LogP contribution in [0.25, 0.3) is 0 Å². The van der Waals surface area contributed by atoms with E-state index in [-0.39, 0.29) is 16.8 Å². The number of halogens is 1. The molecule has 0 saturated heterocycles. The number of rotatable bonds is 4. The average molecular weight is 532 g/mol. The first-order chi connectivity index (χ1) is 14.3. The smallest absolute Gasteiger partial charge is 0.264 e. The molecule has 7 heteroatoms. The molecular weight excluding hydrogens is 511 g/mol. The van der Waals surface area contributed by atoms with E-state index in [2.05, 4.69) is 27.9 Å². The maximum atomic E-state index is 13.3. The summed E-state index contributed by atoms with van der Waals surface area (Å²) in [4.78, 5) is 12.9. The summed E-state index contributed by atoms with van der Waals surface area (Å²) in [6.07, 6.45) is 0.561. The van der Waals surface area contributed by atoms with Gasteiger partial charge in [-0.1, -0.05) is 17.7 Å². The maximum absolute atomic E-state index is 13.3. The van der Waals surface area contributed by atoms with Crippen molar-refractivity contribution in [3.8, 4) is 0 Å². The Kier molecular flexibility index (Phi) is 5.59. The number of sulfonamides is 1. The summed E-state index contributed by atoms with van der Waals surface area (Å²) in [5, 5.41) is 2.89. The maximum Gasteiger partial charge on any atom is 0.264 e. The van der Waals surface area contributed by atoms with Gasteiger partial charge >= 0.3 is 0 Å². The van der Waals surface area contributed by atoms with Gasteiger partial charge in [0.05, 0.1) is 10.6 Å². The highest BCUT2D eigenvalue weighted by Crippen LogP contribution is 2.37. The van der Waals surface area contributed by atoms with Crippen molar-refractivity contribution in [2.75, 3.05) is 9.62 Å². The zero-order valence-corrected chi connectivity index (χ0v) is 19.6. The van der Waals surface area contributed by atoms with E-state index in [1.807, 2.05) is 38.1 Å². The van der Waals surface area contributed by atoms with E-state index >= 15 is 0 Å². The molecule has 1 atom stereocenters. The number of nitrogens with zero attached hydrogens (tertiary/aromatic N) is 1. The monoisotopic (exact) mass is 532 g/mol. The molecule has 1 aliphatic heterocycles. The lowest BCUT2D eigenvalue weighted by Crippen LogP contribution is -2.35. The van der Waals surface area contributed by atoms with Gasteiger partial charge in [-0.15, -0.1) is 0 Å². The molecule has 154 valence electrons. The van der Waals surface area contributed by atoms with Crippen LogP contribution in [0, 0.1) is 10.5 Å². The molecule has 0 radical (unpaired) electrons. The van der Waals surface area contributed by atoms with E-state index in [0.29, 0.717) is 17.7 Å². The normalized spacial score (nSPS) is 15.7. The summed E-state index contributed by atoms with van der Waals surface area (Å²) < 4.78 is 29.1. The molecule has 0 bridgehead atoms. The van der Waals surface area contributed by atoms with Crippen molar-refractivity contribution >= 4 is 49.9 Å². The Morgan fingerprint density at radius 3 is 2.37 bits per heavy atom. The Labute approximate surface area is 190 Å². The molecule has 0 aliphatic carbocycles. The van der Waals surface area contributed by atoms with Gasteiger partial charge in [-0.2, -0.15) is 0 Å². The highest BCUT2D eigenvalue weighted by molar-refractivity contribution is 14.1. The van der Waals surface area contributed by atoms with Crippen molar-refractivity contribution in [2.45, 2.75) is 31.2 Å². The number of aryl methyl sites for hydroxylation is 1. The third kappa shape index (κ3) is 3.96. The van der Waals surface area contributed by atoms with Crippen LogP contribution in [-0.4, -0.2) is 20.4 Å². The molecule has 1 heterocycles. The highest BCUT2D eigenvalue weighted by Gasteiger charge is 2.36. The van der Waals surface area contributed by atoms with Crippen LogP contribution in [0.2, 0.25) is 0 Å². The minimum Gasteiger partial charge on any atom is -0.322 e. The van der Waals surface area contributed by atoms with Crippen molar-refractivity contribution < 1.29 is 13.2 Å². The van der Waals surface area contributed by atoms with E-state index in [1.165, 1.54) is 4.31 Å². The van der Waals surface area contributed by atoms with Crippen LogP contribution in [-0.2, 0) is 16.4 Å². The number of fused-ring (bicyclic) bond motifs is 1. The van der Waals surface area contributed by atoms with Gasteiger partial charge in [-0.25, -0.2) is 8.42 Å². The lowest BCUT2D eigenvalue weighted by atomic mass is 10.1. The molecule has 5 nitrogen and oxygen atoms in total. The number of amides is 1. The number of nitrogens with one attached hydrogen (secondary N) is 1. The highest BCUT2D eigenvalue weighted by atomic mass is 127.